The molecule has 0 N–H and O–H groups in total. The number of hydrogen-bond donors (Lipinski definition) is 0. The van der Waals surface area contributed by atoms with E-state index in [1.807, 2.05) is 36.7 Å². The van der Waals surface area contributed by atoms with Crippen LogP contribution in [0.5, 0.6) is 0 Å². The summed E-state index contributed by atoms with van der Waals surface area (Å²) in [6.45, 7) is 0. The minimum Gasteiger partial charge on any atom is -0.256 e. The Labute approximate surface area is 316 Å². The summed E-state index contributed by atoms with van der Waals surface area (Å²) in [5, 5.41) is 0. The maximum absolute atomic E-state index is 4.60. The first-order chi connectivity index (χ1) is 26.8. The van der Waals surface area contributed by atoms with Crippen LogP contribution in [-0.2, 0) is 0 Å². The van der Waals surface area contributed by atoms with Gasteiger partial charge in [0.15, 0.2) is 0 Å². The van der Waals surface area contributed by atoms with Gasteiger partial charge in [0.05, 0.1) is 11.4 Å². The molecule has 2 heteroatoms. The Balaban J connectivity index is 1.23. The van der Waals surface area contributed by atoms with Gasteiger partial charge in [0.2, 0.25) is 0 Å². The van der Waals surface area contributed by atoms with Crippen LogP contribution in [0.1, 0.15) is 0 Å². The highest BCUT2D eigenvalue weighted by atomic mass is 14.7. The predicted molar refractivity (Wildman–Crippen MR) is 226 cm³/mol. The topological polar surface area (TPSA) is 25.8 Å². The molecule has 0 aliphatic carbocycles. The van der Waals surface area contributed by atoms with Gasteiger partial charge in [0.25, 0.3) is 0 Å². The fourth-order valence-electron chi connectivity index (χ4n) is 7.21. The van der Waals surface area contributed by atoms with Crippen LogP contribution in [0, 0.1) is 0 Å². The van der Waals surface area contributed by atoms with E-state index in [-0.39, 0.29) is 0 Å². The van der Waals surface area contributed by atoms with Gasteiger partial charge in [-0.05, 0) is 103 Å². The highest BCUT2D eigenvalue weighted by molar-refractivity contribution is 5.96. The summed E-state index contributed by atoms with van der Waals surface area (Å²) in [4.78, 5) is 9.20. The lowest BCUT2D eigenvalue weighted by atomic mass is 9.84. The third-order valence-corrected chi connectivity index (χ3v) is 10.1. The van der Waals surface area contributed by atoms with E-state index in [2.05, 4.69) is 192 Å². The fourth-order valence-corrected chi connectivity index (χ4v) is 7.21. The van der Waals surface area contributed by atoms with E-state index in [0.717, 1.165) is 44.8 Å². The summed E-state index contributed by atoms with van der Waals surface area (Å²) in [5.41, 5.74) is 18.2. The Morgan fingerprint density at radius 3 is 0.759 bits per heavy atom. The van der Waals surface area contributed by atoms with Crippen molar-refractivity contribution in [2.24, 2.45) is 0 Å². The molecule has 254 valence electrons. The third-order valence-electron chi connectivity index (χ3n) is 10.1. The van der Waals surface area contributed by atoms with E-state index in [1.54, 1.807) is 0 Å². The largest absolute Gasteiger partial charge is 0.256 e. The molecule has 0 fully saturated rings. The lowest BCUT2D eigenvalue weighted by molar-refractivity contribution is 1.33. The van der Waals surface area contributed by atoms with E-state index >= 15 is 0 Å². The van der Waals surface area contributed by atoms with Crippen molar-refractivity contribution in [2.75, 3.05) is 0 Å². The van der Waals surface area contributed by atoms with Gasteiger partial charge in [-0.25, -0.2) is 0 Å². The Hall–Kier alpha value is -7.16. The molecule has 54 heavy (non-hydrogen) atoms. The highest BCUT2D eigenvalue weighted by Crippen LogP contribution is 2.43. The molecule has 2 heterocycles. The van der Waals surface area contributed by atoms with Gasteiger partial charge in [-0.3, -0.25) is 9.97 Å². The second-order valence-corrected chi connectivity index (χ2v) is 13.4. The highest BCUT2D eigenvalue weighted by Gasteiger charge is 2.17. The van der Waals surface area contributed by atoms with Gasteiger partial charge >= 0.3 is 0 Å². The first-order valence-electron chi connectivity index (χ1n) is 18.3. The standard InChI is InChI=1S/C52H36N2/c1-3-11-37(12-4-1)39-17-21-41(22-18-39)47-35-48(42-23-19-40(20-24-42)38-13-5-2-6-14-38)50(44-27-31-46(32-28-44)52-16-8-10-34-54-52)36-49(47)43-25-29-45(30-26-43)51-15-7-9-33-53-51/h1-36H. The lowest BCUT2D eigenvalue weighted by Gasteiger charge is -2.19. The van der Waals surface area contributed by atoms with Gasteiger partial charge in [-0.15, -0.1) is 0 Å². The zero-order valence-corrected chi connectivity index (χ0v) is 29.7. The third kappa shape index (κ3) is 6.77. The molecule has 0 saturated carbocycles. The minimum atomic E-state index is 0.962. The van der Waals surface area contributed by atoms with Gasteiger partial charge < -0.3 is 0 Å². The van der Waals surface area contributed by atoms with Crippen molar-refractivity contribution >= 4 is 0 Å². The second kappa shape index (κ2) is 14.8. The fraction of sp³-hybridized carbons (Fsp3) is 0. The Bertz CT molecular complexity index is 2240. The van der Waals surface area contributed by atoms with Crippen molar-refractivity contribution in [1.82, 2.24) is 9.97 Å². The summed E-state index contributed by atoms with van der Waals surface area (Å²) >= 11 is 0. The van der Waals surface area contributed by atoms with Crippen LogP contribution in [0.25, 0.3) is 89.3 Å². The molecule has 7 aromatic carbocycles. The van der Waals surface area contributed by atoms with Crippen molar-refractivity contribution in [2.45, 2.75) is 0 Å². The van der Waals surface area contributed by atoms with Crippen molar-refractivity contribution in [3.8, 4) is 89.3 Å². The van der Waals surface area contributed by atoms with Gasteiger partial charge in [-0.2, -0.15) is 0 Å². The molecule has 0 spiro atoms. The molecule has 9 aromatic rings. The predicted octanol–water partition coefficient (Wildman–Crippen LogP) is 13.8. The Kier molecular flexibility index (Phi) is 8.99. The van der Waals surface area contributed by atoms with Crippen LogP contribution >= 0.6 is 0 Å². The maximum atomic E-state index is 4.60. The van der Waals surface area contributed by atoms with Gasteiger partial charge in [0, 0.05) is 23.5 Å². The average Bonchev–Trinajstić information content (AvgIpc) is 3.27. The monoisotopic (exact) mass is 688 g/mol. The lowest BCUT2D eigenvalue weighted by Crippen LogP contribution is -1.93. The molecular formula is C52H36N2. The van der Waals surface area contributed by atoms with E-state index in [1.165, 1.54) is 44.5 Å². The van der Waals surface area contributed by atoms with Crippen LogP contribution in [-0.4, -0.2) is 9.97 Å². The molecule has 0 aliphatic rings. The van der Waals surface area contributed by atoms with Crippen LogP contribution < -0.4 is 0 Å². The van der Waals surface area contributed by atoms with Crippen molar-refractivity contribution in [3.63, 3.8) is 0 Å². The molecule has 0 aliphatic heterocycles. The molecule has 0 radical (unpaired) electrons. The number of pyridine rings is 2. The summed E-state index contributed by atoms with van der Waals surface area (Å²) in [7, 11) is 0. The molecule has 0 bridgehead atoms. The summed E-state index contributed by atoms with van der Waals surface area (Å²) in [6, 6.07) is 73.6. The molecule has 2 nitrogen and oxygen atoms in total. The van der Waals surface area contributed by atoms with Crippen molar-refractivity contribution in [3.05, 3.63) is 219 Å². The molecule has 2 aromatic heterocycles. The second-order valence-electron chi connectivity index (χ2n) is 13.4. The van der Waals surface area contributed by atoms with E-state index < -0.39 is 0 Å². The van der Waals surface area contributed by atoms with Crippen molar-refractivity contribution < 1.29 is 0 Å². The number of nitrogens with zero attached hydrogens (tertiary/aromatic N) is 2. The van der Waals surface area contributed by atoms with E-state index in [0.29, 0.717) is 0 Å². The number of benzene rings is 7. The van der Waals surface area contributed by atoms with Gasteiger partial charge in [-0.1, -0.05) is 170 Å². The number of aromatic nitrogens is 2. The Morgan fingerprint density at radius 2 is 0.463 bits per heavy atom. The summed E-state index contributed by atoms with van der Waals surface area (Å²) < 4.78 is 0. The SMILES string of the molecule is c1ccc(-c2ccc(-c3cc(-c4ccc(-c5ccccc5)cc4)c(-c4ccc(-c5ccccn5)cc4)cc3-c3ccc(-c4ccccn4)cc3)cc2)cc1. The van der Waals surface area contributed by atoms with Crippen molar-refractivity contribution in [1.29, 1.82) is 0 Å². The van der Waals surface area contributed by atoms with Crippen LogP contribution in [0.2, 0.25) is 0 Å². The van der Waals surface area contributed by atoms with Crippen LogP contribution in [0.4, 0.5) is 0 Å². The molecule has 0 atom stereocenters. The zero-order chi connectivity index (χ0) is 36.1. The number of hydrogen-bond acceptors (Lipinski definition) is 2. The summed E-state index contributed by atoms with van der Waals surface area (Å²) in [6.07, 6.45) is 3.69. The zero-order valence-electron chi connectivity index (χ0n) is 29.7. The first kappa shape index (κ1) is 32.7. The Morgan fingerprint density at radius 1 is 0.204 bits per heavy atom. The first-order valence-corrected chi connectivity index (χ1v) is 18.3. The van der Waals surface area contributed by atoms with Crippen LogP contribution in [0.3, 0.4) is 0 Å². The van der Waals surface area contributed by atoms with Gasteiger partial charge in [0.1, 0.15) is 0 Å². The molecule has 0 saturated heterocycles. The number of rotatable bonds is 8. The van der Waals surface area contributed by atoms with E-state index in [4.69, 9.17) is 0 Å². The van der Waals surface area contributed by atoms with Crippen LogP contribution in [0.15, 0.2) is 219 Å². The van der Waals surface area contributed by atoms with E-state index in [9.17, 15) is 0 Å². The normalized spacial score (nSPS) is 11.0. The maximum Gasteiger partial charge on any atom is 0.0701 e. The molecule has 0 amide bonds. The minimum absolute atomic E-state index is 0.962. The molecule has 9 rings (SSSR count). The molecule has 0 unspecified atom stereocenters. The summed E-state index contributed by atoms with van der Waals surface area (Å²) in [5.74, 6) is 0. The molecular weight excluding hydrogens is 653 g/mol. The quantitative estimate of drug-likeness (QED) is 0.159. The average molecular weight is 689 g/mol. The smallest absolute Gasteiger partial charge is 0.0701 e.